The fourth-order valence-electron chi connectivity index (χ4n) is 4.16. The van der Waals surface area contributed by atoms with E-state index in [4.69, 9.17) is 4.74 Å². The Morgan fingerprint density at radius 3 is 2.61 bits per heavy atom. The first kappa shape index (κ1) is 25.4. The molecule has 1 aliphatic heterocycles. The van der Waals surface area contributed by atoms with Crippen LogP contribution in [0.4, 0.5) is 11.6 Å². The Bertz CT molecular complexity index is 1310. The lowest BCUT2D eigenvalue weighted by Crippen LogP contribution is -2.43. The predicted octanol–water partition coefficient (Wildman–Crippen LogP) is 3.71. The molecular formula is C26H31N5O4S. The van der Waals surface area contributed by atoms with Gasteiger partial charge in [-0.2, -0.15) is 8.42 Å². The van der Waals surface area contributed by atoms with E-state index in [1.165, 1.54) is 6.07 Å². The Morgan fingerprint density at radius 1 is 1.11 bits per heavy atom. The van der Waals surface area contributed by atoms with Gasteiger partial charge < -0.3 is 15.0 Å². The van der Waals surface area contributed by atoms with Gasteiger partial charge in [0, 0.05) is 18.3 Å². The van der Waals surface area contributed by atoms with Gasteiger partial charge in [0.05, 0.1) is 12.1 Å². The summed E-state index contributed by atoms with van der Waals surface area (Å²) in [5.41, 5.74) is -0.01000. The molecule has 1 fully saturated rings. The molecule has 3 aromatic rings. The number of amides is 1. The highest BCUT2D eigenvalue weighted by atomic mass is 32.2. The Morgan fingerprint density at radius 2 is 1.89 bits per heavy atom. The lowest BCUT2D eigenvalue weighted by atomic mass is 9.90. The van der Waals surface area contributed by atoms with Crippen LogP contribution in [0.2, 0.25) is 0 Å². The zero-order chi connectivity index (χ0) is 25.8. The molecule has 9 nitrogen and oxygen atoms in total. The number of ether oxygens (including phenoxy) is 1. The first-order chi connectivity index (χ1) is 17.2. The Labute approximate surface area is 212 Å². The number of pyridine rings is 2. The molecule has 2 N–H and O–H groups in total. The number of anilines is 2. The number of rotatable bonds is 9. The lowest BCUT2D eigenvalue weighted by Gasteiger charge is -2.36. The summed E-state index contributed by atoms with van der Waals surface area (Å²) in [5.74, 6) is 1.23. The SMILES string of the molecule is CC1CCN(c2ncccc2C(=O)NS(=O)(=O)c2cccc(NCCOc3ccccc3)n2)C1(C)C. The first-order valence-electron chi connectivity index (χ1n) is 11.9. The quantitative estimate of drug-likeness (QED) is 0.420. The molecule has 0 aliphatic carbocycles. The van der Waals surface area contributed by atoms with Gasteiger partial charge in [0.25, 0.3) is 15.9 Å². The van der Waals surface area contributed by atoms with Crippen molar-refractivity contribution in [3.8, 4) is 5.75 Å². The summed E-state index contributed by atoms with van der Waals surface area (Å²) in [7, 11) is -4.21. The molecule has 1 unspecified atom stereocenters. The molecule has 1 aliphatic rings. The molecule has 0 saturated carbocycles. The topological polar surface area (TPSA) is 114 Å². The molecule has 2 aromatic heterocycles. The minimum Gasteiger partial charge on any atom is -0.492 e. The first-order valence-corrected chi connectivity index (χ1v) is 13.4. The van der Waals surface area contributed by atoms with Crippen LogP contribution in [0.15, 0.2) is 71.9 Å². The molecule has 0 bridgehead atoms. The molecule has 1 aromatic carbocycles. The average molecular weight is 510 g/mol. The maximum Gasteiger partial charge on any atom is 0.281 e. The molecule has 1 saturated heterocycles. The smallest absolute Gasteiger partial charge is 0.281 e. The van der Waals surface area contributed by atoms with E-state index in [2.05, 4.69) is 45.7 Å². The molecule has 10 heteroatoms. The number of nitrogens with zero attached hydrogens (tertiary/aromatic N) is 3. The standard InChI is InChI=1S/C26H31N5O4S/c1-19-14-17-31(26(19,2)3)24-21(11-8-15-28-24)25(32)30-36(33,34)23-13-7-12-22(29-23)27-16-18-35-20-9-5-4-6-10-20/h4-13,15,19H,14,16-18H2,1-3H3,(H,27,29)(H,30,32). The van der Waals surface area contributed by atoms with Gasteiger partial charge in [-0.05, 0) is 62.6 Å². The van der Waals surface area contributed by atoms with E-state index in [0.717, 1.165) is 18.7 Å². The van der Waals surface area contributed by atoms with Crippen molar-refractivity contribution >= 4 is 27.6 Å². The summed E-state index contributed by atoms with van der Waals surface area (Å²) in [6.07, 6.45) is 2.57. The zero-order valence-electron chi connectivity index (χ0n) is 20.6. The van der Waals surface area contributed by atoms with Gasteiger partial charge in [-0.15, -0.1) is 0 Å². The third-order valence-corrected chi connectivity index (χ3v) is 7.85. The number of para-hydroxylation sites is 1. The summed E-state index contributed by atoms with van der Waals surface area (Å²) >= 11 is 0. The van der Waals surface area contributed by atoms with Crippen molar-refractivity contribution < 1.29 is 17.9 Å². The second-order valence-electron chi connectivity index (χ2n) is 9.25. The minimum absolute atomic E-state index is 0.204. The molecule has 0 spiro atoms. The minimum atomic E-state index is -4.21. The van der Waals surface area contributed by atoms with Gasteiger partial charge in [-0.1, -0.05) is 31.2 Å². The van der Waals surface area contributed by atoms with Crippen molar-refractivity contribution in [3.05, 3.63) is 72.4 Å². The van der Waals surface area contributed by atoms with E-state index in [1.807, 2.05) is 30.3 Å². The van der Waals surface area contributed by atoms with Crippen LogP contribution in [0, 0.1) is 5.92 Å². The van der Waals surface area contributed by atoms with E-state index < -0.39 is 15.9 Å². The van der Waals surface area contributed by atoms with Gasteiger partial charge in [-0.3, -0.25) is 4.79 Å². The van der Waals surface area contributed by atoms with Crippen LogP contribution in [0.3, 0.4) is 0 Å². The second-order valence-corrected chi connectivity index (χ2v) is 10.9. The average Bonchev–Trinajstić information content (AvgIpc) is 3.14. The highest BCUT2D eigenvalue weighted by Gasteiger charge is 2.40. The highest BCUT2D eigenvalue weighted by Crippen LogP contribution is 2.38. The van der Waals surface area contributed by atoms with Crippen molar-refractivity contribution in [2.24, 2.45) is 5.92 Å². The van der Waals surface area contributed by atoms with Gasteiger partial charge in [-0.25, -0.2) is 14.7 Å². The van der Waals surface area contributed by atoms with Crippen LogP contribution in [-0.2, 0) is 10.0 Å². The predicted molar refractivity (Wildman–Crippen MR) is 139 cm³/mol. The van der Waals surface area contributed by atoms with Crippen LogP contribution in [0.1, 0.15) is 37.6 Å². The van der Waals surface area contributed by atoms with Crippen molar-refractivity contribution in [2.45, 2.75) is 37.8 Å². The van der Waals surface area contributed by atoms with Crippen molar-refractivity contribution in [1.82, 2.24) is 14.7 Å². The van der Waals surface area contributed by atoms with E-state index in [9.17, 15) is 13.2 Å². The number of hydrogen-bond acceptors (Lipinski definition) is 8. The summed E-state index contributed by atoms with van der Waals surface area (Å²) in [6.45, 7) is 7.89. The molecule has 0 radical (unpaired) electrons. The number of benzene rings is 1. The third-order valence-electron chi connectivity index (χ3n) is 6.62. The van der Waals surface area contributed by atoms with E-state index >= 15 is 0 Å². The number of aromatic nitrogens is 2. The number of carbonyl (C=O) groups is 1. The highest BCUT2D eigenvalue weighted by molar-refractivity contribution is 7.90. The normalized spacial score (nSPS) is 17.0. The lowest BCUT2D eigenvalue weighted by molar-refractivity contribution is 0.0981. The summed E-state index contributed by atoms with van der Waals surface area (Å²) in [5, 5.41) is 2.78. The van der Waals surface area contributed by atoms with E-state index in [-0.39, 0.29) is 16.1 Å². The largest absolute Gasteiger partial charge is 0.492 e. The van der Waals surface area contributed by atoms with Crippen LogP contribution >= 0.6 is 0 Å². The van der Waals surface area contributed by atoms with Crippen molar-refractivity contribution in [2.75, 3.05) is 29.9 Å². The van der Waals surface area contributed by atoms with Crippen molar-refractivity contribution in [3.63, 3.8) is 0 Å². The number of sulfonamides is 1. The molecule has 4 rings (SSSR count). The Hall–Kier alpha value is -3.66. The molecule has 3 heterocycles. The maximum absolute atomic E-state index is 13.1. The van der Waals surface area contributed by atoms with Gasteiger partial charge >= 0.3 is 0 Å². The molecular weight excluding hydrogens is 478 g/mol. The van der Waals surface area contributed by atoms with Gasteiger partial charge in [0.15, 0.2) is 5.03 Å². The van der Waals surface area contributed by atoms with E-state index in [0.29, 0.717) is 30.7 Å². The molecule has 1 amide bonds. The molecule has 190 valence electrons. The maximum atomic E-state index is 13.1. The van der Waals surface area contributed by atoms with Crippen LogP contribution in [0.25, 0.3) is 0 Å². The van der Waals surface area contributed by atoms with Crippen LogP contribution in [-0.4, -0.2) is 49.5 Å². The molecule has 1 atom stereocenters. The van der Waals surface area contributed by atoms with E-state index in [1.54, 1.807) is 30.5 Å². The fourth-order valence-corrected chi connectivity index (χ4v) is 5.09. The Kier molecular flexibility index (Phi) is 7.44. The summed E-state index contributed by atoms with van der Waals surface area (Å²) in [4.78, 5) is 23.8. The van der Waals surface area contributed by atoms with Gasteiger partial charge in [0.1, 0.15) is 24.0 Å². The fraction of sp³-hybridized carbons (Fsp3) is 0.346. The summed E-state index contributed by atoms with van der Waals surface area (Å²) in [6, 6.07) is 17.2. The molecule has 36 heavy (non-hydrogen) atoms. The Balaban J connectivity index is 1.44. The number of hydrogen-bond donors (Lipinski definition) is 2. The monoisotopic (exact) mass is 509 g/mol. The third kappa shape index (κ3) is 5.59. The zero-order valence-corrected chi connectivity index (χ0v) is 21.5. The second kappa shape index (κ2) is 10.5. The van der Waals surface area contributed by atoms with Crippen LogP contribution in [0.5, 0.6) is 5.75 Å². The van der Waals surface area contributed by atoms with Crippen molar-refractivity contribution in [1.29, 1.82) is 0 Å². The number of carbonyl (C=O) groups excluding carboxylic acids is 1. The summed E-state index contributed by atoms with van der Waals surface area (Å²) < 4.78 is 33.8. The van der Waals surface area contributed by atoms with Crippen LogP contribution < -0.4 is 19.7 Å². The van der Waals surface area contributed by atoms with Gasteiger partial charge in [0.2, 0.25) is 0 Å². The number of nitrogens with one attached hydrogen (secondary N) is 2.